The Morgan fingerprint density at radius 3 is 2.25 bits per heavy atom. The van der Waals surface area contributed by atoms with Crippen LogP contribution in [0, 0.1) is 6.92 Å². The van der Waals surface area contributed by atoms with Gasteiger partial charge >= 0.3 is 0 Å². The van der Waals surface area contributed by atoms with E-state index in [1.54, 1.807) is 19.9 Å². The number of hydrogen-bond donors (Lipinski definition) is 1. The van der Waals surface area contributed by atoms with Crippen LogP contribution in [0.5, 0.6) is 0 Å². The highest BCUT2D eigenvalue weighted by molar-refractivity contribution is 6.03. The molecular formula is C20H26N6O2. The SMILES string of the molecule is CC(=O)N1CCN(c2cc(C(=O)Nc3ccc(N(C)C)cc3)nc(C)n2)CC1. The lowest BCUT2D eigenvalue weighted by Crippen LogP contribution is -2.48. The molecule has 0 aliphatic carbocycles. The fraction of sp³-hybridized carbons (Fsp3) is 0.400. The molecule has 1 aliphatic rings. The zero-order valence-electron chi connectivity index (χ0n) is 16.8. The van der Waals surface area contributed by atoms with Crippen LogP contribution in [0.3, 0.4) is 0 Å². The van der Waals surface area contributed by atoms with E-state index in [0.717, 1.165) is 5.69 Å². The summed E-state index contributed by atoms with van der Waals surface area (Å²) >= 11 is 0. The van der Waals surface area contributed by atoms with Crippen LogP contribution in [-0.4, -0.2) is 67.0 Å². The minimum Gasteiger partial charge on any atom is -0.378 e. The summed E-state index contributed by atoms with van der Waals surface area (Å²) in [5, 5.41) is 2.88. The Bertz CT molecular complexity index is 857. The highest BCUT2D eigenvalue weighted by Gasteiger charge is 2.21. The quantitative estimate of drug-likeness (QED) is 0.868. The van der Waals surface area contributed by atoms with E-state index in [0.29, 0.717) is 49.2 Å². The number of anilines is 3. The van der Waals surface area contributed by atoms with E-state index in [1.807, 2.05) is 48.2 Å². The first-order chi connectivity index (χ1) is 13.3. The maximum absolute atomic E-state index is 12.7. The van der Waals surface area contributed by atoms with Gasteiger partial charge in [0.25, 0.3) is 5.91 Å². The summed E-state index contributed by atoms with van der Waals surface area (Å²) in [6.07, 6.45) is 0. The molecule has 0 unspecified atom stereocenters. The smallest absolute Gasteiger partial charge is 0.274 e. The number of aryl methyl sites for hydroxylation is 1. The number of nitrogens with one attached hydrogen (secondary N) is 1. The van der Waals surface area contributed by atoms with Crippen molar-refractivity contribution in [1.29, 1.82) is 0 Å². The summed E-state index contributed by atoms with van der Waals surface area (Å²) < 4.78 is 0. The largest absolute Gasteiger partial charge is 0.378 e. The Labute approximate surface area is 165 Å². The Kier molecular flexibility index (Phi) is 5.77. The molecule has 8 heteroatoms. The molecule has 0 atom stereocenters. The van der Waals surface area contributed by atoms with Crippen molar-refractivity contribution >= 4 is 29.0 Å². The first-order valence-electron chi connectivity index (χ1n) is 9.28. The maximum Gasteiger partial charge on any atom is 0.274 e. The molecule has 1 fully saturated rings. The number of carbonyl (C=O) groups excluding carboxylic acids is 2. The number of carbonyl (C=O) groups is 2. The molecule has 1 N–H and O–H groups in total. The summed E-state index contributed by atoms with van der Waals surface area (Å²) in [6, 6.07) is 9.33. The highest BCUT2D eigenvalue weighted by Crippen LogP contribution is 2.18. The zero-order valence-corrected chi connectivity index (χ0v) is 16.8. The van der Waals surface area contributed by atoms with Gasteiger partial charge in [-0.05, 0) is 31.2 Å². The first kappa shape index (κ1) is 19.6. The van der Waals surface area contributed by atoms with Crippen LogP contribution in [0.4, 0.5) is 17.2 Å². The van der Waals surface area contributed by atoms with Gasteiger partial charge in [-0.2, -0.15) is 0 Å². The van der Waals surface area contributed by atoms with Crippen molar-refractivity contribution in [2.45, 2.75) is 13.8 Å². The molecule has 2 amide bonds. The molecule has 1 aromatic carbocycles. The Morgan fingerprint density at radius 2 is 1.68 bits per heavy atom. The van der Waals surface area contributed by atoms with E-state index < -0.39 is 0 Å². The highest BCUT2D eigenvalue weighted by atomic mass is 16.2. The molecule has 28 heavy (non-hydrogen) atoms. The third kappa shape index (κ3) is 4.57. The van der Waals surface area contributed by atoms with Crippen LogP contribution >= 0.6 is 0 Å². The monoisotopic (exact) mass is 382 g/mol. The van der Waals surface area contributed by atoms with E-state index in [9.17, 15) is 9.59 Å². The Hall–Kier alpha value is -3.16. The van der Waals surface area contributed by atoms with E-state index >= 15 is 0 Å². The summed E-state index contributed by atoms with van der Waals surface area (Å²) in [5.74, 6) is 1.06. The van der Waals surface area contributed by atoms with E-state index in [1.165, 1.54) is 0 Å². The predicted molar refractivity (Wildman–Crippen MR) is 110 cm³/mol. The molecule has 0 bridgehead atoms. The minimum absolute atomic E-state index is 0.0823. The molecular weight excluding hydrogens is 356 g/mol. The van der Waals surface area contributed by atoms with Gasteiger partial charge in [0.1, 0.15) is 17.3 Å². The number of rotatable bonds is 4. The molecule has 0 radical (unpaired) electrons. The van der Waals surface area contributed by atoms with Crippen molar-refractivity contribution < 1.29 is 9.59 Å². The summed E-state index contributed by atoms with van der Waals surface area (Å²) in [6.45, 7) is 6.03. The third-order valence-electron chi connectivity index (χ3n) is 4.75. The molecule has 2 aromatic rings. The van der Waals surface area contributed by atoms with E-state index in [4.69, 9.17) is 0 Å². The zero-order chi connectivity index (χ0) is 20.3. The van der Waals surface area contributed by atoms with Crippen LogP contribution in [0.25, 0.3) is 0 Å². The number of piperazine rings is 1. The maximum atomic E-state index is 12.7. The fourth-order valence-electron chi connectivity index (χ4n) is 3.12. The van der Waals surface area contributed by atoms with Gasteiger partial charge < -0.3 is 20.0 Å². The minimum atomic E-state index is -0.272. The van der Waals surface area contributed by atoms with Crippen molar-refractivity contribution in [3.8, 4) is 0 Å². The van der Waals surface area contributed by atoms with Crippen LogP contribution in [0.2, 0.25) is 0 Å². The standard InChI is InChI=1S/C20H26N6O2/c1-14-21-18(20(28)23-16-5-7-17(8-6-16)24(3)4)13-19(22-14)26-11-9-25(10-12-26)15(2)27/h5-8,13H,9-12H2,1-4H3,(H,23,28). The second-order valence-corrected chi connectivity index (χ2v) is 7.05. The van der Waals surface area contributed by atoms with Crippen molar-refractivity contribution in [3.05, 3.63) is 41.9 Å². The second kappa shape index (κ2) is 8.24. The average Bonchev–Trinajstić information content (AvgIpc) is 2.68. The summed E-state index contributed by atoms with van der Waals surface area (Å²) in [4.78, 5) is 38.8. The van der Waals surface area contributed by atoms with Crippen molar-refractivity contribution in [1.82, 2.24) is 14.9 Å². The van der Waals surface area contributed by atoms with Gasteiger partial charge in [0.2, 0.25) is 5.91 Å². The third-order valence-corrected chi connectivity index (χ3v) is 4.75. The van der Waals surface area contributed by atoms with E-state index in [2.05, 4.69) is 20.2 Å². The van der Waals surface area contributed by atoms with Gasteiger partial charge in [0, 0.05) is 64.6 Å². The normalized spacial score (nSPS) is 14.0. The predicted octanol–water partition coefficient (Wildman–Crippen LogP) is 1.77. The molecule has 148 valence electrons. The number of benzene rings is 1. The lowest BCUT2D eigenvalue weighted by atomic mass is 10.2. The van der Waals surface area contributed by atoms with Gasteiger partial charge in [-0.1, -0.05) is 0 Å². The van der Waals surface area contributed by atoms with Crippen LogP contribution < -0.4 is 15.1 Å². The molecule has 3 rings (SSSR count). The molecule has 0 spiro atoms. The van der Waals surface area contributed by atoms with Gasteiger partial charge in [0.15, 0.2) is 0 Å². The molecule has 8 nitrogen and oxygen atoms in total. The second-order valence-electron chi connectivity index (χ2n) is 7.05. The van der Waals surface area contributed by atoms with Gasteiger partial charge in [-0.15, -0.1) is 0 Å². The van der Waals surface area contributed by atoms with Crippen LogP contribution in [0.15, 0.2) is 30.3 Å². The topological polar surface area (TPSA) is 81.7 Å². The van der Waals surface area contributed by atoms with E-state index in [-0.39, 0.29) is 11.8 Å². The number of aromatic nitrogens is 2. The van der Waals surface area contributed by atoms with Crippen LogP contribution in [0.1, 0.15) is 23.2 Å². The van der Waals surface area contributed by atoms with Crippen LogP contribution in [-0.2, 0) is 4.79 Å². The Morgan fingerprint density at radius 1 is 1.04 bits per heavy atom. The Balaban J connectivity index is 1.72. The molecule has 2 heterocycles. The van der Waals surface area contributed by atoms with Gasteiger partial charge in [-0.3, -0.25) is 9.59 Å². The van der Waals surface area contributed by atoms with Crippen molar-refractivity contribution in [3.63, 3.8) is 0 Å². The number of nitrogens with zero attached hydrogens (tertiary/aromatic N) is 5. The molecule has 1 aromatic heterocycles. The lowest BCUT2D eigenvalue weighted by Gasteiger charge is -2.35. The van der Waals surface area contributed by atoms with Crippen molar-refractivity contribution in [2.75, 3.05) is 55.4 Å². The lowest BCUT2D eigenvalue weighted by molar-refractivity contribution is -0.129. The number of amides is 2. The fourth-order valence-corrected chi connectivity index (χ4v) is 3.12. The number of hydrogen-bond acceptors (Lipinski definition) is 6. The first-order valence-corrected chi connectivity index (χ1v) is 9.28. The van der Waals surface area contributed by atoms with Crippen molar-refractivity contribution in [2.24, 2.45) is 0 Å². The van der Waals surface area contributed by atoms with Gasteiger partial charge in [-0.25, -0.2) is 9.97 Å². The summed E-state index contributed by atoms with van der Waals surface area (Å²) in [7, 11) is 3.93. The molecule has 0 saturated carbocycles. The average molecular weight is 382 g/mol. The summed E-state index contributed by atoms with van der Waals surface area (Å²) in [5.41, 5.74) is 2.10. The van der Waals surface area contributed by atoms with Gasteiger partial charge in [0.05, 0.1) is 0 Å². The molecule has 1 aliphatic heterocycles. The molecule has 1 saturated heterocycles.